The van der Waals surface area contributed by atoms with E-state index in [2.05, 4.69) is 0 Å². The van der Waals surface area contributed by atoms with Crippen LogP contribution in [0.25, 0.3) is 6.08 Å². The fraction of sp³-hybridized carbons (Fsp3) is 0.273. The second-order valence-electron chi connectivity index (χ2n) is 6.25. The van der Waals surface area contributed by atoms with Crippen LogP contribution in [0.4, 0.5) is 0 Å². The highest BCUT2D eigenvalue weighted by molar-refractivity contribution is 6.02. The van der Waals surface area contributed by atoms with Crippen LogP contribution in [0, 0.1) is 5.92 Å². The summed E-state index contributed by atoms with van der Waals surface area (Å²) in [7, 11) is 0. The molecule has 146 valence electrons. The van der Waals surface area contributed by atoms with Crippen molar-refractivity contribution in [1.82, 2.24) is 0 Å². The van der Waals surface area contributed by atoms with Gasteiger partial charge in [-0.2, -0.15) is 0 Å². The van der Waals surface area contributed by atoms with E-state index in [-0.39, 0.29) is 5.57 Å². The number of carbonyl (C=O) groups is 2. The van der Waals surface area contributed by atoms with Gasteiger partial charge in [-0.25, -0.2) is 4.79 Å². The number of benzene rings is 2. The van der Waals surface area contributed by atoms with Crippen LogP contribution in [0.15, 0.2) is 54.1 Å². The molecule has 0 unspecified atom stereocenters. The molecular formula is C22H22O6. The summed E-state index contributed by atoms with van der Waals surface area (Å²) in [6, 6.07) is 14.0. The first-order valence-corrected chi connectivity index (χ1v) is 9.14. The Bertz CT molecular complexity index is 867. The lowest BCUT2D eigenvalue weighted by molar-refractivity contribution is -0.144. The molecule has 2 aromatic carbocycles. The van der Waals surface area contributed by atoms with E-state index in [0.29, 0.717) is 35.8 Å². The lowest BCUT2D eigenvalue weighted by atomic mass is 9.90. The van der Waals surface area contributed by atoms with E-state index in [1.54, 1.807) is 54.6 Å². The van der Waals surface area contributed by atoms with Crippen LogP contribution in [0.3, 0.4) is 0 Å². The van der Waals surface area contributed by atoms with E-state index >= 15 is 0 Å². The highest BCUT2D eigenvalue weighted by Gasteiger charge is 2.45. The Kier molecular flexibility index (Phi) is 5.99. The van der Waals surface area contributed by atoms with E-state index in [4.69, 9.17) is 14.2 Å². The number of cyclic esters (lactones) is 1. The van der Waals surface area contributed by atoms with Gasteiger partial charge in [-0.3, -0.25) is 4.79 Å². The number of aliphatic carboxylic acids is 1. The van der Waals surface area contributed by atoms with Crippen LogP contribution in [0.5, 0.6) is 11.5 Å². The van der Waals surface area contributed by atoms with Crippen LogP contribution in [0.1, 0.15) is 31.1 Å². The quantitative estimate of drug-likeness (QED) is 0.578. The van der Waals surface area contributed by atoms with Crippen molar-refractivity contribution in [2.75, 3.05) is 13.2 Å². The van der Waals surface area contributed by atoms with Crippen LogP contribution in [-0.2, 0) is 14.3 Å². The number of hydrogen-bond donors (Lipinski definition) is 1. The minimum atomic E-state index is -1.11. The maximum atomic E-state index is 12.4. The Hall–Kier alpha value is -3.28. The van der Waals surface area contributed by atoms with Crippen molar-refractivity contribution >= 4 is 18.0 Å². The molecule has 6 nitrogen and oxygen atoms in total. The topological polar surface area (TPSA) is 82.1 Å². The average molecular weight is 382 g/mol. The Balaban J connectivity index is 1.89. The lowest BCUT2D eigenvalue weighted by Gasteiger charge is -2.15. The fourth-order valence-electron chi connectivity index (χ4n) is 3.14. The molecule has 0 aromatic heterocycles. The van der Waals surface area contributed by atoms with E-state index < -0.39 is 24.0 Å². The van der Waals surface area contributed by atoms with E-state index in [9.17, 15) is 14.7 Å². The Morgan fingerprint density at radius 1 is 1.00 bits per heavy atom. The molecule has 0 saturated carbocycles. The van der Waals surface area contributed by atoms with Crippen molar-refractivity contribution in [2.24, 2.45) is 5.92 Å². The average Bonchev–Trinajstić information content (AvgIpc) is 3.01. The first-order valence-electron chi connectivity index (χ1n) is 9.14. The predicted octanol–water partition coefficient (Wildman–Crippen LogP) is 3.87. The summed E-state index contributed by atoms with van der Waals surface area (Å²) in [5.41, 5.74) is 1.43. The smallest absolute Gasteiger partial charge is 0.335 e. The third-order valence-electron chi connectivity index (χ3n) is 4.41. The summed E-state index contributed by atoms with van der Waals surface area (Å²) in [5.74, 6) is -1.44. The maximum Gasteiger partial charge on any atom is 0.335 e. The summed E-state index contributed by atoms with van der Waals surface area (Å²) in [5, 5.41) is 9.75. The molecule has 1 aliphatic rings. The molecule has 0 spiro atoms. The molecule has 1 fully saturated rings. The SMILES string of the molecule is CCOc1ccc(/C=C2\C(=O)O[C@@H](c3ccc(OCC)cc3)[C@@H]2C(=O)O)cc1. The zero-order valence-electron chi connectivity index (χ0n) is 15.8. The summed E-state index contributed by atoms with van der Waals surface area (Å²) >= 11 is 0. The van der Waals surface area contributed by atoms with Gasteiger partial charge in [0.25, 0.3) is 0 Å². The van der Waals surface area contributed by atoms with E-state index in [1.807, 2.05) is 13.8 Å². The van der Waals surface area contributed by atoms with Gasteiger partial charge in [0.1, 0.15) is 23.5 Å². The predicted molar refractivity (Wildman–Crippen MR) is 103 cm³/mol. The molecule has 2 aromatic rings. The van der Waals surface area contributed by atoms with Gasteiger partial charge in [0.2, 0.25) is 0 Å². The Morgan fingerprint density at radius 2 is 1.54 bits per heavy atom. The molecule has 0 amide bonds. The molecule has 6 heteroatoms. The Labute approximate surface area is 163 Å². The zero-order chi connectivity index (χ0) is 20.1. The van der Waals surface area contributed by atoms with Crippen molar-refractivity contribution in [3.63, 3.8) is 0 Å². The first-order chi connectivity index (χ1) is 13.5. The standard InChI is InChI=1S/C22H22O6/c1-3-26-16-9-5-14(6-10-16)13-18-19(21(23)24)20(28-22(18)25)15-7-11-17(12-8-15)27-4-2/h5-13,19-20H,3-4H2,1-2H3,(H,23,24)/b18-13-/t19-,20+/m1/s1. The number of carboxylic acid groups (broad SMARTS) is 1. The number of carbonyl (C=O) groups excluding carboxylic acids is 1. The van der Waals surface area contributed by atoms with Crippen molar-refractivity contribution in [1.29, 1.82) is 0 Å². The first kappa shape index (κ1) is 19.5. The van der Waals surface area contributed by atoms with Gasteiger partial charge in [-0.05, 0) is 55.3 Å². The maximum absolute atomic E-state index is 12.4. The lowest BCUT2D eigenvalue weighted by Crippen LogP contribution is -2.19. The molecule has 1 N–H and O–H groups in total. The minimum Gasteiger partial charge on any atom is -0.494 e. The summed E-state index contributed by atoms with van der Waals surface area (Å²) in [6.45, 7) is 4.86. The molecule has 1 aliphatic heterocycles. The third-order valence-corrected chi connectivity index (χ3v) is 4.41. The second-order valence-corrected chi connectivity index (χ2v) is 6.25. The second kappa shape index (κ2) is 8.61. The van der Waals surface area contributed by atoms with Gasteiger partial charge in [0, 0.05) is 0 Å². The number of carboxylic acids is 1. The molecule has 0 radical (unpaired) electrons. The number of hydrogen-bond acceptors (Lipinski definition) is 5. The van der Waals surface area contributed by atoms with Gasteiger partial charge in [-0.1, -0.05) is 24.3 Å². The number of ether oxygens (including phenoxy) is 3. The molecule has 2 atom stereocenters. The minimum absolute atomic E-state index is 0.121. The highest BCUT2D eigenvalue weighted by Crippen LogP contribution is 2.40. The summed E-state index contributed by atoms with van der Waals surface area (Å²) in [4.78, 5) is 24.3. The van der Waals surface area contributed by atoms with E-state index in [1.165, 1.54) is 0 Å². The molecule has 1 saturated heterocycles. The monoisotopic (exact) mass is 382 g/mol. The molecular weight excluding hydrogens is 360 g/mol. The molecule has 3 rings (SSSR count). The van der Waals surface area contributed by atoms with Gasteiger partial charge in [0.05, 0.1) is 18.8 Å². The van der Waals surface area contributed by atoms with Crippen molar-refractivity contribution in [3.05, 3.63) is 65.2 Å². The van der Waals surface area contributed by atoms with Gasteiger partial charge >= 0.3 is 11.9 Å². The van der Waals surface area contributed by atoms with Crippen LogP contribution in [-0.4, -0.2) is 30.3 Å². The van der Waals surface area contributed by atoms with Gasteiger partial charge in [0.15, 0.2) is 0 Å². The molecule has 0 bridgehead atoms. The highest BCUT2D eigenvalue weighted by atomic mass is 16.6. The van der Waals surface area contributed by atoms with Crippen LogP contribution < -0.4 is 9.47 Å². The normalized spacial score (nSPS) is 20.1. The van der Waals surface area contributed by atoms with Crippen molar-refractivity contribution in [2.45, 2.75) is 20.0 Å². The number of rotatable bonds is 7. The van der Waals surface area contributed by atoms with Crippen LogP contribution >= 0.6 is 0 Å². The van der Waals surface area contributed by atoms with Gasteiger partial charge in [-0.15, -0.1) is 0 Å². The largest absolute Gasteiger partial charge is 0.494 e. The van der Waals surface area contributed by atoms with Gasteiger partial charge < -0.3 is 19.3 Å². The van der Waals surface area contributed by atoms with Crippen molar-refractivity contribution in [3.8, 4) is 11.5 Å². The van der Waals surface area contributed by atoms with Crippen molar-refractivity contribution < 1.29 is 28.9 Å². The Morgan fingerprint density at radius 3 is 2.04 bits per heavy atom. The van der Waals surface area contributed by atoms with E-state index in [0.717, 1.165) is 0 Å². The molecule has 0 aliphatic carbocycles. The molecule has 28 heavy (non-hydrogen) atoms. The summed E-state index contributed by atoms with van der Waals surface area (Å²) < 4.78 is 16.2. The summed E-state index contributed by atoms with van der Waals surface area (Å²) in [6.07, 6.45) is 0.681. The zero-order valence-corrected chi connectivity index (χ0v) is 15.8. The molecule has 1 heterocycles. The van der Waals surface area contributed by atoms with Crippen LogP contribution in [0.2, 0.25) is 0 Å². The number of esters is 1. The fourth-order valence-corrected chi connectivity index (χ4v) is 3.14. The third kappa shape index (κ3) is 4.17.